The summed E-state index contributed by atoms with van der Waals surface area (Å²) in [6.45, 7) is 1.39. The molecule has 1 saturated heterocycles. The van der Waals surface area contributed by atoms with E-state index in [0.717, 1.165) is 24.5 Å². The molecule has 3 amide bonds. The molecule has 1 aromatic heterocycles. The molecular formula is C24H26N6O2. The molecule has 8 nitrogen and oxygen atoms in total. The third kappa shape index (κ3) is 4.64. The highest BCUT2D eigenvalue weighted by molar-refractivity contribution is 6.00. The average Bonchev–Trinajstić information content (AvgIpc) is 3.56. The van der Waals surface area contributed by atoms with Gasteiger partial charge in [0, 0.05) is 41.9 Å². The summed E-state index contributed by atoms with van der Waals surface area (Å²) >= 11 is 0. The molecule has 5 rings (SSSR count). The van der Waals surface area contributed by atoms with Gasteiger partial charge in [0.05, 0.1) is 0 Å². The minimum absolute atomic E-state index is 0.0139. The van der Waals surface area contributed by atoms with E-state index >= 15 is 0 Å². The normalized spacial score (nSPS) is 16.6. The molecule has 0 unspecified atom stereocenters. The molecule has 2 heterocycles. The third-order valence-electron chi connectivity index (χ3n) is 6.05. The lowest BCUT2D eigenvalue weighted by atomic mass is 9.95. The molecule has 0 spiro atoms. The van der Waals surface area contributed by atoms with Gasteiger partial charge in [-0.05, 0) is 62.1 Å². The number of benzene rings is 2. The van der Waals surface area contributed by atoms with Gasteiger partial charge >= 0.3 is 6.03 Å². The van der Waals surface area contributed by atoms with Crippen molar-refractivity contribution in [1.82, 2.24) is 20.1 Å². The number of nitrogens with one attached hydrogen (secondary N) is 3. The van der Waals surface area contributed by atoms with Crippen LogP contribution in [0.1, 0.15) is 59.5 Å². The fraction of sp³-hybridized carbons (Fsp3) is 0.333. The zero-order chi connectivity index (χ0) is 21.9. The second-order valence-electron chi connectivity index (χ2n) is 8.44. The molecule has 164 valence electrons. The number of likely N-dealkylation sites (tertiary alicyclic amines) is 1. The molecule has 3 N–H and O–H groups in total. The van der Waals surface area contributed by atoms with Crippen LogP contribution in [0.15, 0.2) is 54.6 Å². The van der Waals surface area contributed by atoms with Crippen molar-refractivity contribution in [3.63, 3.8) is 0 Å². The number of aromatic nitrogens is 3. The Morgan fingerprint density at radius 3 is 2.16 bits per heavy atom. The first kappa shape index (κ1) is 20.2. The molecule has 1 aliphatic carbocycles. The van der Waals surface area contributed by atoms with Gasteiger partial charge in [0.1, 0.15) is 5.82 Å². The first-order valence-corrected chi connectivity index (χ1v) is 11.1. The van der Waals surface area contributed by atoms with E-state index in [1.54, 1.807) is 24.3 Å². The van der Waals surface area contributed by atoms with Crippen LogP contribution < -0.4 is 10.6 Å². The van der Waals surface area contributed by atoms with Crippen molar-refractivity contribution in [2.24, 2.45) is 0 Å². The van der Waals surface area contributed by atoms with E-state index in [1.165, 1.54) is 12.8 Å². The second kappa shape index (κ2) is 8.82. The number of rotatable bonds is 5. The largest absolute Gasteiger partial charge is 0.339 e. The molecule has 2 aromatic carbocycles. The molecule has 2 aliphatic rings. The fourth-order valence-electron chi connectivity index (χ4n) is 4.04. The van der Waals surface area contributed by atoms with Gasteiger partial charge in [-0.1, -0.05) is 18.2 Å². The van der Waals surface area contributed by atoms with Crippen LogP contribution in [0.2, 0.25) is 0 Å². The summed E-state index contributed by atoms with van der Waals surface area (Å²) in [5.74, 6) is 2.80. The van der Waals surface area contributed by atoms with Crippen LogP contribution in [-0.4, -0.2) is 45.1 Å². The minimum atomic E-state index is -0.324. The summed E-state index contributed by atoms with van der Waals surface area (Å²) in [5.41, 5.74) is 1.97. The number of carbonyl (C=O) groups is 2. The summed E-state index contributed by atoms with van der Waals surface area (Å²) in [6.07, 6.45) is 4.14. The SMILES string of the molecule is O=C(Nc1ccccc1)Nc1ccc(C(=O)N2CCC(c3nc(C4CC4)n[nH]3)CC2)cc1. The molecule has 1 aliphatic heterocycles. The van der Waals surface area contributed by atoms with Gasteiger partial charge in [0.15, 0.2) is 5.82 Å². The number of carbonyl (C=O) groups excluding carboxylic acids is 2. The summed E-state index contributed by atoms with van der Waals surface area (Å²) in [5, 5.41) is 13.0. The highest BCUT2D eigenvalue weighted by Crippen LogP contribution is 2.38. The van der Waals surface area contributed by atoms with Gasteiger partial charge < -0.3 is 15.5 Å². The van der Waals surface area contributed by atoms with Crippen molar-refractivity contribution in [3.05, 3.63) is 71.8 Å². The number of hydrogen-bond acceptors (Lipinski definition) is 4. The van der Waals surface area contributed by atoms with Crippen LogP contribution in [0.3, 0.4) is 0 Å². The van der Waals surface area contributed by atoms with Crippen molar-refractivity contribution in [1.29, 1.82) is 0 Å². The number of anilines is 2. The summed E-state index contributed by atoms with van der Waals surface area (Å²) in [6, 6.07) is 15.9. The fourth-order valence-corrected chi connectivity index (χ4v) is 4.04. The van der Waals surface area contributed by atoms with E-state index in [1.807, 2.05) is 35.2 Å². The highest BCUT2D eigenvalue weighted by Gasteiger charge is 2.30. The van der Waals surface area contributed by atoms with Crippen LogP contribution >= 0.6 is 0 Å². The first-order valence-electron chi connectivity index (χ1n) is 11.1. The van der Waals surface area contributed by atoms with Crippen molar-refractivity contribution >= 4 is 23.3 Å². The average molecular weight is 431 g/mol. The number of piperidine rings is 1. The monoisotopic (exact) mass is 430 g/mol. The van der Waals surface area contributed by atoms with Gasteiger partial charge in [0.25, 0.3) is 5.91 Å². The Morgan fingerprint density at radius 2 is 1.50 bits per heavy atom. The zero-order valence-electron chi connectivity index (χ0n) is 17.8. The Hall–Kier alpha value is -3.68. The standard InChI is InChI=1S/C24H26N6O2/c31-23(30-14-12-17(13-15-30)22-27-21(28-29-22)16-6-7-16)18-8-10-20(11-9-18)26-24(32)25-19-4-2-1-3-5-19/h1-5,8-11,16-17H,6-7,12-15H2,(H2,25,26,32)(H,27,28,29). The summed E-state index contributed by atoms with van der Waals surface area (Å²) < 4.78 is 0. The lowest BCUT2D eigenvalue weighted by Gasteiger charge is -2.31. The number of amides is 3. The molecule has 2 fully saturated rings. The van der Waals surface area contributed by atoms with E-state index in [4.69, 9.17) is 0 Å². The van der Waals surface area contributed by atoms with Gasteiger partial charge in [-0.2, -0.15) is 5.10 Å². The molecule has 0 atom stereocenters. The Morgan fingerprint density at radius 1 is 0.844 bits per heavy atom. The van der Waals surface area contributed by atoms with Crippen molar-refractivity contribution in [3.8, 4) is 0 Å². The van der Waals surface area contributed by atoms with Crippen LogP contribution in [0, 0.1) is 0 Å². The zero-order valence-corrected chi connectivity index (χ0v) is 17.8. The Balaban J connectivity index is 1.13. The Labute approximate surface area is 186 Å². The van der Waals surface area contributed by atoms with Gasteiger partial charge in [-0.25, -0.2) is 9.78 Å². The topological polar surface area (TPSA) is 103 Å². The quantitative estimate of drug-likeness (QED) is 0.560. The number of aromatic amines is 1. The number of urea groups is 1. The number of nitrogens with zero attached hydrogens (tertiary/aromatic N) is 3. The van der Waals surface area contributed by atoms with E-state index in [9.17, 15) is 9.59 Å². The molecule has 0 bridgehead atoms. The number of para-hydroxylation sites is 1. The van der Waals surface area contributed by atoms with Crippen LogP contribution in [0.5, 0.6) is 0 Å². The lowest BCUT2D eigenvalue weighted by molar-refractivity contribution is 0.0711. The minimum Gasteiger partial charge on any atom is -0.339 e. The van der Waals surface area contributed by atoms with E-state index < -0.39 is 0 Å². The molecular weight excluding hydrogens is 404 g/mol. The molecule has 32 heavy (non-hydrogen) atoms. The highest BCUT2D eigenvalue weighted by atomic mass is 16.2. The van der Waals surface area contributed by atoms with E-state index in [-0.39, 0.29) is 11.9 Å². The molecule has 8 heteroatoms. The lowest BCUT2D eigenvalue weighted by Crippen LogP contribution is -2.38. The Kier molecular flexibility index (Phi) is 5.58. The van der Waals surface area contributed by atoms with Crippen LogP contribution in [0.4, 0.5) is 16.2 Å². The predicted molar refractivity (Wildman–Crippen MR) is 122 cm³/mol. The van der Waals surface area contributed by atoms with Gasteiger partial charge in [-0.3, -0.25) is 9.89 Å². The summed E-state index contributed by atoms with van der Waals surface area (Å²) in [4.78, 5) is 31.6. The number of hydrogen-bond donors (Lipinski definition) is 3. The predicted octanol–water partition coefficient (Wildman–Crippen LogP) is 4.35. The van der Waals surface area contributed by atoms with Crippen LogP contribution in [0.25, 0.3) is 0 Å². The first-order chi connectivity index (χ1) is 15.7. The third-order valence-corrected chi connectivity index (χ3v) is 6.05. The second-order valence-corrected chi connectivity index (χ2v) is 8.44. The van der Waals surface area contributed by atoms with Crippen molar-refractivity contribution < 1.29 is 9.59 Å². The summed E-state index contributed by atoms with van der Waals surface area (Å²) in [7, 11) is 0. The van der Waals surface area contributed by atoms with Crippen LogP contribution in [-0.2, 0) is 0 Å². The van der Waals surface area contributed by atoms with Gasteiger partial charge in [0.2, 0.25) is 0 Å². The maximum atomic E-state index is 12.9. The van der Waals surface area contributed by atoms with E-state index in [0.29, 0.717) is 41.9 Å². The van der Waals surface area contributed by atoms with Crippen molar-refractivity contribution in [2.75, 3.05) is 23.7 Å². The van der Waals surface area contributed by atoms with Gasteiger partial charge in [-0.15, -0.1) is 0 Å². The maximum absolute atomic E-state index is 12.9. The molecule has 1 saturated carbocycles. The van der Waals surface area contributed by atoms with Crippen molar-refractivity contribution in [2.45, 2.75) is 37.5 Å². The molecule has 3 aromatic rings. The number of H-pyrrole nitrogens is 1. The van der Waals surface area contributed by atoms with E-state index in [2.05, 4.69) is 25.8 Å². The Bertz CT molecular complexity index is 1080. The maximum Gasteiger partial charge on any atom is 0.323 e. The molecule has 0 radical (unpaired) electrons. The smallest absolute Gasteiger partial charge is 0.323 e.